The molecule has 0 aliphatic rings. The van der Waals surface area contributed by atoms with Crippen molar-refractivity contribution in [3.05, 3.63) is 78.1 Å². The Kier molecular flexibility index (Phi) is 4.19. The van der Waals surface area contributed by atoms with Gasteiger partial charge in [-0.3, -0.25) is 10.2 Å². The molecular formula is C20H18FN5O. The van der Waals surface area contributed by atoms with Gasteiger partial charge < -0.3 is 0 Å². The van der Waals surface area contributed by atoms with Gasteiger partial charge in [0.05, 0.1) is 34.2 Å². The quantitative estimate of drug-likeness (QED) is 0.599. The van der Waals surface area contributed by atoms with Crippen LogP contribution in [-0.2, 0) is 0 Å². The van der Waals surface area contributed by atoms with Crippen LogP contribution in [0.4, 0.5) is 4.39 Å². The van der Waals surface area contributed by atoms with Crippen LogP contribution in [0.5, 0.6) is 0 Å². The minimum Gasteiger partial charge on any atom is -0.267 e. The predicted molar refractivity (Wildman–Crippen MR) is 101 cm³/mol. The largest absolute Gasteiger partial charge is 0.273 e. The van der Waals surface area contributed by atoms with Crippen molar-refractivity contribution in [3.8, 4) is 5.69 Å². The molecule has 6 nitrogen and oxygen atoms in total. The van der Waals surface area contributed by atoms with Crippen LogP contribution in [0.15, 0.2) is 61.1 Å². The molecule has 0 bridgehead atoms. The van der Waals surface area contributed by atoms with E-state index in [1.807, 2.05) is 38.1 Å². The molecule has 0 atom stereocenters. The second-order valence-electron chi connectivity index (χ2n) is 6.53. The van der Waals surface area contributed by atoms with Crippen LogP contribution in [0, 0.1) is 5.82 Å². The number of carbonyl (C=O) groups excluding carboxylic acids is 1. The van der Waals surface area contributed by atoms with Gasteiger partial charge >= 0.3 is 0 Å². The summed E-state index contributed by atoms with van der Waals surface area (Å²) in [4.78, 5) is 17.2. The lowest BCUT2D eigenvalue weighted by Gasteiger charge is -2.13. The van der Waals surface area contributed by atoms with Gasteiger partial charge in [-0.05, 0) is 42.3 Å². The molecule has 0 aliphatic heterocycles. The minimum atomic E-state index is -0.318. The summed E-state index contributed by atoms with van der Waals surface area (Å²) in [5, 5.41) is 4.36. The van der Waals surface area contributed by atoms with Crippen LogP contribution in [-0.4, -0.2) is 25.3 Å². The maximum atomic E-state index is 13.2. The van der Waals surface area contributed by atoms with Gasteiger partial charge in [-0.15, -0.1) is 0 Å². The Balaban J connectivity index is 1.71. The Morgan fingerprint density at radius 2 is 1.85 bits per heavy atom. The summed E-state index contributed by atoms with van der Waals surface area (Å²) in [5.74, 6) is -0.560. The summed E-state index contributed by atoms with van der Waals surface area (Å²) in [6, 6.07) is 13.6. The summed E-state index contributed by atoms with van der Waals surface area (Å²) in [6.45, 7) is 3.97. The van der Waals surface area contributed by atoms with E-state index in [-0.39, 0.29) is 17.6 Å². The fourth-order valence-corrected chi connectivity index (χ4v) is 3.09. The lowest BCUT2D eigenvalue weighted by molar-refractivity contribution is 0.101. The van der Waals surface area contributed by atoms with Crippen LogP contribution in [0.3, 0.4) is 0 Å². The van der Waals surface area contributed by atoms with Gasteiger partial charge in [0.25, 0.3) is 5.91 Å². The number of hydrogen-bond donors (Lipinski definition) is 1. The highest BCUT2D eigenvalue weighted by atomic mass is 19.1. The molecule has 136 valence electrons. The average molecular weight is 363 g/mol. The Hall–Kier alpha value is -3.48. The summed E-state index contributed by atoms with van der Waals surface area (Å²) in [5.41, 5.74) is 6.38. The molecule has 2 aromatic heterocycles. The van der Waals surface area contributed by atoms with Crippen LogP contribution >= 0.6 is 0 Å². The van der Waals surface area contributed by atoms with E-state index in [2.05, 4.69) is 15.5 Å². The second-order valence-corrected chi connectivity index (χ2v) is 6.53. The van der Waals surface area contributed by atoms with Gasteiger partial charge in [0, 0.05) is 0 Å². The van der Waals surface area contributed by atoms with Crippen LogP contribution < -0.4 is 5.43 Å². The number of imidazole rings is 1. The lowest BCUT2D eigenvalue weighted by Crippen LogP contribution is -2.23. The van der Waals surface area contributed by atoms with Crippen molar-refractivity contribution >= 4 is 16.9 Å². The van der Waals surface area contributed by atoms with Gasteiger partial charge in [0.15, 0.2) is 0 Å². The zero-order valence-corrected chi connectivity index (χ0v) is 14.9. The maximum Gasteiger partial charge on any atom is 0.273 e. The first-order chi connectivity index (χ1) is 13.0. The number of hydrogen-bond acceptors (Lipinski definition) is 3. The average Bonchev–Trinajstić information content (AvgIpc) is 3.27. The van der Waals surface area contributed by atoms with Gasteiger partial charge in [-0.25, -0.2) is 18.7 Å². The molecule has 1 N–H and O–H groups in total. The Morgan fingerprint density at radius 3 is 2.59 bits per heavy atom. The van der Waals surface area contributed by atoms with E-state index in [1.165, 1.54) is 18.3 Å². The molecule has 4 rings (SSSR count). The molecule has 0 fully saturated rings. The van der Waals surface area contributed by atoms with Crippen molar-refractivity contribution in [2.24, 2.45) is 0 Å². The van der Waals surface area contributed by atoms with Crippen LogP contribution in [0.2, 0.25) is 0 Å². The highest BCUT2D eigenvalue weighted by Crippen LogP contribution is 2.23. The Labute approximate surface area is 155 Å². The number of halogens is 1. The zero-order chi connectivity index (χ0) is 19.0. The topological polar surface area (TPSA) is 64.7 Å². The van der Waals surface area contributed by atoms with Gasteiger partial charge in [0.1, 0.15) is 12.1 Å². The number of rotatable bonds is 4. The van der Waals surface area contributed by atoms with E-state index >= 15 is 0 Å². The minimum absolute atomic E-state index is 0.0397. The molecule has 4 aromatic rings. The fourth-order valence-electron chi connectivity index (χ4n) is 3.09. The van der Waals surface area contributed by atoms with Crippen molar-refractivity contribution < 1.29 is 9.18 Å². The summed E-state index contributed by atoms with van der Waals surface area (Å²) >= 11 is 0. The molecule has 0 aliphatic carbocycles. The predicted octanol–water partition coefficient (Wildman–Crippen LogP) is 3.87. The Morgan fingerprint density at radius 1 is 1.11 bits per heavy atom. The van der Waals surface area contributed by atoms with Gasteiger partial charge in [-0.2, -0.15) is 5.10 Å². The highest BCUT2D eigenvalue weighted by Gasteiger charge is 2.21. The lowest BCUT2D eigenvalue weighted by atomic mass is 10.1. The van der Waals surface area contributed by atoms with Crippen molar-refractivity contribution in [2.75, 3.05) is 5.43 Å². The third kappa shape index (κ3) is 3.08. The molecule has 0 radical (unpaired) electrons. The fraction of sp³-hybridized carbons (Fsp3) is 0.150. The first-order valence-electron chi connectivity index (χ1n) is 8.62. The van der Waals surface area contributed by atoms with E-state index in [0.717, 1.165) is 16.7 Å². The van der Waals surface area contributed by atoms with Crippen LogP contribution in [0.25, 0.3) is 16.7 Å². The molecular weight excluding hydrogens is 345 g/mol. The second kappa shape index (κ2) is 6.68. The molecule has 0 unspecified atom stereocenters. The number of carbonyl (C=O) groups is 1. The number of benzene rings is 2. The number of aromatic nitrogens is 4. The Bertz CT molecular complexity index is 1110. The molecule has 0 saturated carbocycles. The number of para-hydroxylation sites is 2. The first-order valence-corrected chi connectivity index (χ1v) is 8.62. The molecule has 27 heavy (non-hydrogen) atoms. The van der Waals surface area contributed by atoms with Gasteiger partial charge in [-0.1, -0.05) is 26.0 Å². The van der Waals surface area contributed by atoms with Gasteiger partial charge in [0.2, 0.25) is 0 Å². The van der Waals surface area contributed by atoms with E-state index < -0.39 is 0 Å². The number of nitrogens with one attached hydrogen (secondary N) is 1. The standard InChI is InChI=1S/C20H18FN5O/c1-13(2)19-16(11-23-26(19)15-9-7-14(21)8-10-15)20(27)24-25-12-22-17-5-3-4-6-18(17)25/h3-13H,1-2H3,(H,24,27). The maximum absolute atomic E-state index is 13.2. The van der Waals surface area contributed by atoms with E-state index in [0.29, 0.717) is 11.3 Å². The number of amides is 1. The van der Waals surface area contributed by atoms with E-state index in [1.54, 1.807) is 27.8 Å². The summed E-state index contributed by atoms with van der Waals surface area (Å²) in [7, 11) is 0. The number of fused-ring (bicyclic) bond motifs is 1. The molecule has 0 saturated heterocycles. The van der Waals surface area contributed by atoms with E-state index in [4.69, 9.17) is 0 Å². The molecule has 1 amide bonds. The monoisotopic (exact) mass is 363 g/mol. The van der Waals surface area contributed by atoms with Crippen molar-refractivity contribution in [1.82, 2.24) is 19.4 Å². The molecule has 7 heteroatoms. The first kappa shape index (κ1) is 17.0. The SMILES string of the molecule is CC(C)c1c(C(=O)Nn2cnc3ccccc32)cnn1-c1ccc(F)cc1. The van der Waals surface area contributed by atoms with Crippen molar-refractivity contribution in [2.45, 2.75) is 19.8 Å². The third-order valence-electron chi connectivity index (χ3n) is 4.34. The molecule has 2 heterocycles. The summed E-state index contributed by atoms with van der Waals surface area (Å²) < 4.78 is 16.5. The van der Waals surface area contributed by atoms with Crippen LogP contribution in [0.1, 0.15) is 35.8 Å². The smallest absolute Gasteiger partial charge is 0.267 e. The van der Waals surface area contributed by atoms with Crippen molar-refractivity contribution in [3.63, 3.8) is 0 Å². The summed E-state index contributed by atoms with van der Waals surface area (Å²) in [6.07, 6.45) is 3.11. The van der Waals surface area contributed by atoms with Crippen molar-refractivity contribution in [1.29, 1.82) is 0 Å². The van der Waals surface area contributed by atoms with E-state index in [9.17, 15) is 9.18 Å². The number of nitrogens with zero attached hydrogens (tertiary/aromatic N) is 4. The third-order valence-corrected chi connectivity index (χ3v) is 4.34. The normalized spacial score (nSPS) is 11.3. The zero-order valence-electron chi connectivity index (χ0n) is 14.9. The molecule has 0 spiro atoms. The highest BCUT2D eigenvalue weighted by molar-refractivity contribution is 6.01. The molecule has 2 aromatic carbocycles.